The minimum Gasteiger partial charge on any atom is -0.495 e. The number of hydrogen-bond acceptors (Lipinski definition) is 4. The van der Waals surface area contributed by atoms with Crippen LogP contribution in [0.2, 0.25) is 10.0 Å². The number of nitrogens with one attached hydrogen (secondary N) is 1. The molecule has 0 bridgehead atoms. The van der Waals surface area contributed by atoms with Crippen molar-refractivity contribution in [2.24, 2.45) is 5.92 Å². The first-order valence-corrected chi connectivity index (χ1v) is 9.95. The first-order chi connectivity index (χ1) is 13.9. The Bertz CT molecular complexity index is 902. The SMILES string of the molecule is COc1cc(NC(=O)[C@@H]2CCCN(C(=O)c3ccc(Cl)cc3)C2)c(OC)cc1Cl. The molecule has 1 atom stereocenters. The number of carbonyl (C=O) groups excluding carboxylic acids is 2. The van der Waals surface area contributed by atoms with Gasteiger partial charge in [0.25, 0.3) is 5.91 Å². The van der Waals surface area contributed by atoms with E-state index in [0.29, 0.717) is 52.3 Å². The number of nitrogens with zero attached hydrogens (tertiary/aromatic N) is 1. The van der Waals surface area contributed by atoms with Gasteiger partial charge < -0.3 is 19.7 Å². The van der Waals surface area contributed by atoms with Crippen LogP contribution in [0.5, 0.6) is 11.5 Å². The van der Waals surface area contributed by atoms with E-state index in [1.165, 1.54) is 14.2 Å². The van der Waals surface area contributed by atoms with Crippen LogP contribution in [0, 0.1) is 5.92 Å². The average molecular weight is 437 g/mol. The summed E-state index contributed by atoms with van der Waals surface area (Å²) in [7, 11) is 3.00. The summed E-state index contributed by atoms with van der Waals surface area (Å²) >= 11 is 12.0. The summed E-state index contributed by atoms with van der Waals surface area (Å²) < 4.78 is 10.5. The van der Waals surface area contributed by atoms with Gasteiger partial charge in [-0.15, -0.1) is 0 Å². The molecule has 0 spiro atoms. The third-order valence-electron chi connectivity index (χ3n) is 4.90. The second-order valence-corrected chi connectivity index (χ2v) is 7.62. The van der Waals surface area contributed by atoms with Gasteiger partial charge in [-0.05, 0) is 37.1 Å². The Labute approximate surface area is 179 Å². The Balaban J connectivity index is 1.71. The highest BCUT2D eigenvalue weighted by Crippen LogP contribution is 2.36. The van der Waals surface area contributed by atoms with Crippen molar-refractivity contribution >= 4 is 40.7 Å². The number of carbonyl (C=O) groups is 2. The van der Waals surface area contributed by atoms with E-state index in [0.717, 1.165) is 6.42 Å². The second-order valence-electron chi connectivity index (χ2n) is 6.77. The van der Waals surface area contributed by atoms with Crippen LogP contribution in [0.3, 0.4) is 0 Å². The van der Waals surface area contributed by atoms with Crippen LogP contribution in [-0.2, 0) is 4.79 Å². The van der Waals surface area contributed by atoms with Crippen molar-refractivity contribution in [1.29, 1.82) is 0 Å². The summed E-state index contributed by atoms with van der Waals surface area (Å²) in [6.45, 7) is 0.962. The zero-order valence-electron chi connectivity index (χ0n) is 16.2. The number of amides is 2. The van der Waals surface area contributed by atoms with Gasteiger partial charge in [0.2, 0.25) is 5.91 Å². The molecule has 0 saturated carbocycles. The summed E-state index contributed by atoms with van der Waals surface area (Å²) in [6.07, 6.45) is 1.45. The highest BCUT2D eigenvalue weighted by molar-refractivity contribution is 6.32. The molecular weight excluding hydrogens is 415 g/mol. The number of methoxy groups -OCH3 is 2. The predicted molar refractivity (Wildman–Crippen MR) is 113 cm³/mol. The number of piperidine rings is 1. The maximum atomic E-state index is 12.9. The van der Waals surface area contributed by atoms with Crippen LogP contribution in [0.15, 0.2) is 36.4 Å². The van der Waals surface area contributed by atoms with E-state index in [4.69, 9.17) is 32.7 Å². The molecule has 2 aromatic carbocycles. The highest BCUT2D eigenvalue weighted by atomic mass is 35.5. The minimum atomic E-state index is -0.327. The molecule has 1 fully saturated rings. The summed E-state index contributed by atoms with van der Waals surface area (Å²) in [6, 6.07) is 9.97. The van der Waals surface area contributed by atoms with Gasteiger partial charge in [-0.1, -0.05) is 23.2 Å². The number of likely N-dealkylation sites (tertiary alicyclic amines) is 1. The highest BCUT2D eigenvalue weighted by Gasteiger charge is 2.29. The minimum absolute atomic E-state index is 0.107. The normalized spacial score (nSPS) is 16.3. The second kappa shape index (κ2) is 9.37. The average Bonchev–Trinajstić information content (AvgIpc) is 2.74. The van der Waals surface area contributed by atoms with Gasteiger partial charge in [-0.25, -0.2) is 0 Å². The molecule has 0 radical (unpaired) electrons. The van der Waals surface area contributed by atoms with Crippen LogP contribution in [0.1, 0.15) is 23.2 Å². The summed E-state index contributed by atoms with van der Waals surface area (Å²) in [5, 5.41) is 3.84. The van der Waals surface area contributed by atoms with Crippen molar-refractivity contribution in [2.75, 3.05) is 32.6 Å². The Morgan fingerprint density at radius 1 is 1.07 bits per heavy atom. The molecule has 0 aliphatic carbocycles. The van der Waals surface area contributed by atoms with Crippen molar-refractivity contribution < 1.29 is 19.1 Å². The Morgan fingerprint density at radius 3 is 2.41 bits per heavy atom. The Hall–Kier alpha value is -2.44. The molecule has 0 unspecified atom stereocenters. The topological polar surface area (TPSA) is 67.9 Å². The first-order valence-electron chi connectivity index (χ1n) is 9.20. The van der Waals surface area contributed by atoms with E-state index in [1.807, 2.05) is 0 Å². The molecule has 6 nitrogen and oxygen atoms in total. The third-order valence-corrected chi connectivity index (χ3v) is 5.45. The molecule has 8 heteroatoms. The molecule has 154 valence electrons. The molecule has 1 N–H and O–H groups in total. The van der Waals surface area contributed by atoms with Gasteiger partial charge in [0, 0.05) is 35.8 Å². The maximum Gasteiger partial charge on any atom is 0.253 e. The van der Waals surface area contributed by atoms with Gasteiger partial charge in [0.1, 0.15) is 11.5 Å². The van der Waals surface area contributed by atoms with Crippen LogP contribution < -0.4 is 14.8 Å². The van der Waals surface area contributed by atoms with Crippen LogP contribution in [0.4, 0.5) is 5.69 Å². The monoisotopic (exact) mass is 436 g/mol. The van der Waals surface area contributed by atoms with Crippen LogP contribution in [0.25, 0.3) is 0 Å². The molecular formula is C21H22Cl2N2O4. The number of anilines is 1. The van der Waals surface area contributed by atoms with Crippen LogP contribution >= 0.6 is 23.2 Å². The predicted octanol–water partition coefficient (Wildman–Crippen LogP) is 4.50. The Kier molecular flexibility index (Phi) is 6.87. The number of halogens is 2. The largest absolute Gasteiger partial charge is 0.495 e. The zero-order chi connectivity index (χ0) is 21.0. The summed E-state index contributed by atoms with van der Waals surface area (Å²) in [5.74, 6) is 0.262. The summed E-state index contributed by atoms with van der Waals surface area (Å²) in [4.78, 5) is 27.3. The molecule has 0 aromatic heterocycles. The van der Waals surface area contributed by atoms with Gasteiger partial charge in [0.05, 0.1) is 30.8 Å². The lowest BCUT2D eigenvalue weighted by Gasteiger charge is -2.32. The van der Waals surface area contributed by atoms with Crippen molar-refractivity contribution in [2.45, 2.75) is 12.8 Å². The van der Waals surface area contributed by atoms with Gasteiger partial charge in [-0.2, -0.15) is 0 Å². The fourth-order valence-electron chi connectivity index (χ4n) is 3.34. The number of ether oxygens (including phenoxy) is 2. The van der Waals surface area contributed by atoms with Gasteiger partial charge in [0.15, 0.2) is 0 Å². The lowest BCUT2D eigenvalue weighted by Crippen LogP contribution is -2.43. The molecule has 3 rings (SSSR count). The van der Waals surface area contributed by atoms with E-state index in [9.17, 15) is 9.59 Å². The van der Waals surface area contributed by atoms with Crippen molar-refractivity contribution in [3.8, 4) is 11.5 Å². The fraction of sp³-hybridized carbons (Fsp3) is 0.333. The molecule has 2 amide bonds. The third kappa shape index (κ3) is 4.95. The van der Waals surface area contributed by atoms with Crippen molar-refractivity contribution in [3.05, 3.63) is 52.0 Å². The first kappa shape index (κ1) is 21.3. The number of benzene rings is 2. The maximum absolute atomic E-state index is 12.9. The lowest BCUT2D eigenvalue weighted by molar-refractivity contribution is -0.121. The van der Waals surface area contributed by atoms with Crippen molar-refractivity contribution in [3.63, 3.8) is 0 Å². The molecule has 2 aromatic rings. The van der Waals surface area contributed by atoms with E-state index < -0.39 is 0 Å². The van der Waals surface area contributed by atoms with E-state index in [-0.39, 0.29) is 17.7 Å². The molecule has 1 saturated heterocycles. The van der Waals surface area contributed by atoms with E-state index >= 15 is 0 Å². The number of hydrogen-bond donors (Lipinski definition) is 1. The quantitative estimate of drug-likeness (QED) is 0.748. The smallest absolute Gasteiger partial charge is 0.253 e. The molecule has 29 heavy (non-hydrogen) atoms. The molecule has 1 aliphatic rings. The zero-order valence-corrected chi connectivity index (χ0v) is 17.7. The lowest BCUT2D eigenvalue weighted by atomic mass is 9.96. The van der Waals surface area contributed by atoms with Gasteiger partial charge in [-0.3, -0.25) is 9.59 Å². The molecule has 1 aliphatic heterocycles. The van der Waals surface area contributed by atoms with E-state index in [1.54, 1.807) is 41.3 Å². The summed E-state index contributed by atoms with van der Waals surface area (Å²) in [5.41, 5.74) is 1.03. The number of rotatable bonds is 5. The fourth-order valence-corrected chi connectivity index (χ4v) is 3.70. The standard InChI is InChI=1S/C21H22Cl2N2O4/c1-28-18-11-17(19(29-2)10-16(18)23)24-20(26)14-4-3-9-25(12-14)21(27)13-5-7-15(22)8-6-13/h5-8,10-11,14H,3-4,9,12H2,1-2H3,(H,24,26)/t14-/m1/s1. The van der Waals surface area contributed by atoms with E-state index in [2.05, 4.69) is 5.32 Å². The van der Waals surface area contributed by atoms with Crippen LogP contribution in [-0.4, -0.2) is 44.0 Å². The Morgan fingerprint density at radius 2 is 1.76 bits per heavy atom. The van der Waals surface area contributed by atoms with Gasteiger partial charge >= 0.3 is 0 Å². The van der Waals surface area contributed by atoms with Crippen molar-refractivity contribution in [1.82, 2.24) is 4.90 Å². The molecule has 1 heterocycles.